The smallest absolute Gasteiger partial charge is 0.113 e. The lowest BCUT2D eigenvalue weighted by molar-refractivity contribution is 0.0387. The molecule has 1 aromatic rings. The maximum Gasteiger partial charge on any atom is 0.113 e. The predicted octanol–water partition coefficient (Wildman–Crippen LogP) is 0.937. The Morgan fingerprint density at radius 3 is 3.07 bits per heavy atom. The molecule has 2 aliphatic heterocycles. The summed E-state index contributed by atoms with van der Waals surface area (Å²) < 4.78 is 5.59. The number of likely N-dealkylation sites (N-methyl/N-ethyl adjacent to an activating group) is 1. The number of nitrogens with zero attached hydrogens (tertiary/aromatic N) is 1. The van der Waals surface area contributed by atoms with E-state index < -0.39 is 0 Å². The summed E-state index contributed by atoms with van der Waals surface area (Å²) in [4.78, 5) is 2.11. The Hall–Kier alpha value is -1.06. The van der Waals surface area contributed by atoms with Crippen LogP contribution in [0.3, 0.4) is 0 Å². The molecule has 3 rings (SSSR count). The largest absolute Gasteiger partial charge is 0.388 e. The lowest BCUT2D eigenvalue weighted by Gasteiger charge is -2.35. The van der Waals surface area contributed by atoms with Gasteiger partial charge in [-0.2, -0.15) is 0 Å². The van der Waals surface area contributed by atoms with Crippen molar-refractivity contribution in [2.24, 2.45) is 0 Å². The molecular weight excluding hydrogens is 178 g/mol. The standard InChI is InChI=1S/C11H13NO2/c1-12-8-5-3-2-4-7(8)11-10(13)9(12)6-14-11/h2-5,9-11,13H,6H2,1H3/t9-,10+,11-/m0/s1. The normalized spacial score (nSPS) is 34.4. The first-order chi connectivity index (χ1) is 6.79. The fourth-order valence-electron chi connectivity index (χ4n) is 2.44. The fraction of sp³-hybridized carbons (Fsp3) is 0.455. The van der Waals surface area contributed by atoms with Gasteiger partial charge in [-0.25, -0.2) is 0 Å². The van der Waals surface area contributed by atoms with Gasteiger partial charge >= 0.3 is 0 Å². The van der Waals surface area contributed by atoms with Crippen molar-refractivity contribution >= 4 is 5.69 Å². The van der Waals surface area contributed by atoms with E-state index in [-0.39, 0.29) is 18.2 Å². The van der Waals surface area contributed by atoms with Gasteiger partial charge in [0.2, 0.25) is 0 Å². The third-order valence-electron chi connectivity index (χ3n) is 3.27. The van der Waals surface area contributed by atoms with Crippen LogP contribution in [0.2, 0.25) is 0 Å². The second-order valence-electron chi connectivity index (χ2n) is 3.98. The number of fused-ring (bicyclic) bond motifs is 4. The van der Waals surface area contributed by atoms with Crippen molar-refractivity contribution in [2.45, 2.75) is 18.2 Å². The van der Waals surface area contributed by atoms with E-state index in [1.807, 2.05) is 25.2 Å². The average Bonchev–Trinajstić information content (AvgIpc) is 2.51. The molecule has 0 aliphatic carbocycles. The lowest BCUT2D eigenvalue weighted by Crippen LogP contribution is -2.44. The van der Waals surface area contributed by atoms with Gasteiger partial charge in [0, 0.05) is 18.3 Å². The maximum atomic E-state index is 9.96. The van der Waals surface area contributed by atoms with Gasteiger partial charge in [-0.05, 0) is 6.07 Å². The van der Waals surface area contributed by atoms with Gasteiger partial charge in [0.1, 0.15) is 12.2 Å². The van der Waals surface area contributed by atoms with Crippen molar-refractivity contribution in [3.8, 4) is 0 Å². The molecule has 1 N–H and O–H groups in total. The molecule has 74 valence electrons. The SMILES string of the molecule is CN1c2ccccc2[C@@H]2OC[C@H]1[C@H]2O. The fourth-order valence-corrected chi connectivity index (χ4v) is 2.44. The molecule has 1 aromatic carbocycles. The van der Waals surface area contributed by atoms with Crippen molar-refractivity contribution in [2.75, 3.05) is 18.6 Å². The molecule has 2 aliphatic rings. The van der Waals surface area contributed by atoms with Crippen LogP contribution in [0.5, 0.6) is 0 Å². The van der Waals surface area contributed by atoms with Crippen molar-refractivity contribution in [3.63, 3.8) is 0 Å². The third-order valence-corrected chi connectivity index (χ3v) is 3.27. The van der Waals surface area contributed by atoms with Crippen molar-refractivity contribution in [1.29, 1.82) is 0 Å². The summed E-state index contributed by atoms with van der Waals surface area (Å²) in [5.41, 5.74) is 2.29. The molecule has 0 amide bonds. The van der Waals surface area contributed by atoms with E-state index in [0.29, 0.717) is 6.61 Å². The van der Waals surface area contributed by atoms with E-state index in [4.69, 9.17) is 4.74 Å². The van der Waals surface area contributed by atoms with Crippen LogP contribution in [0.15, 0.2) is 24.3 Å². The highest BCUT2D eigenvalue weighted by molar-refractivity contribution is 5.58. The highest BCUT2D eigenvalue weighted by Crippen LogP contribution is 2.42. The van der Waals surface area contributed by atoms with Crippen LogP contribution in [-0.4, -0.2) is 30.9 Å². The van der Waals surface area contributed by atoms with E-state index in [9.17, 15) is 5.11 Å². The predicted molar refractivity (Wildman–Crippen MR) is 53.3 cm³/mol. The summed E-state index contributed by atoms with van der Waals surface area (Å²) in [5.74, 6) is 0. The summed E-state index contributed by atoms with van der Waals surface area (Å²) in [5, 5.41) is 9.96. The summed E-state index contributed by atoms with van der Waals surface area (Å²) in [6, 6.07) is 8.24. The minimum absolute atomic E-state index is 0.118. The second-order valence-corrected chi connectivity index (χ2v) is 3.98. The summed E-state index contributed by atoms with van der Waals surface area (Å²) in [6.07, 6.45) is -0.498. The Morgan fingerprint density at radius 1 is 1.43 bits per heavy atom. The monoisotopic (exact) mass is 191 g/mol. The molecule has 1 fully saturated rings. The molecule has 0 spiro atoms. The van der Waals surface area contributed by atoms with Gasteiger partial charge < -0.3 is 14.7 Å². The van der Waals surface area contributed by atoms with Crippen molar-refractivity contribution in [1.82, 2.24) is 0 Å². The molecule has 3 atom stereocenters. The molecule has 14 heavy (non-hydrogen) atoms. The average molecular weight is 191 g/mol. The zero-order valence-electron chi connectivity index (χ0n) is 8.05. The summed E-state index contributed by atoms with van der Waals surface area (Å²) in [6.45, 7) is 0.622. The zero-order chi connectivity index (χ0) is 9.71. The second kappa shape index (κ2) is 2.72. The molecule has 2 bridgehead atoms. The van der Waals surface area contributed by atoms with Gasteiger partial charge in [0.15, 0.2) is 0 Å². The summed E-state index contributed by atoms with van der Waals surface area (Å²) >= 11 is 0. The Balaban J connectivity index is 2.17. The molecule has 3 nitrogen and oxygen atoms in total. The molecule has 0 aromatic heterocycles. The van der Waals surface area contributed by atoms with Crippen LogP contribution in [0.25, 0.3) is 0 Å². The zero-order valence-corrected chi connectivity index (χ0v) is 8.05. The molecule has 0 radical (unpaired) electrons. The van der Waals surface area contributed by atoms with E-state index in [1.165, 1.54) is 5.69 Å². The molecule has 0 saturated carbocycles. The lowest BCUT2D eigenvalue weighted by atomic mass is 9.94. The van der Waals surface area contributed by atoms with E-state index in [0.717, 1.165) is 5.56 Å². The molecule has 0 unspecified atom stereocenters. The first-order valence-electron chi connectivity index (χ1n) is 4.90. The Bertz CT molecular complexity index is 366. The Labute approximate surface area is 82.9 Å². The van der Waals surface area contributed by atoms with Crippen LogP contribution in [0.4, 0.5) is 5.69 Å². The van der Waals surface area contributed by atoms with Crippen LogP contribution in [0, 0.1) is 0 Å². The molecule has 2 heterocycles. The number of aliphatic hydroxyl groups is 1. The highest BCUT2D eigenvalue weighted by Gasteiger charge is 2.44. The van der Waals surface area contributed by atoms with Crippen LogP contribution in [0.1, 0.15) is 11.7 Å². The number of ether oxygens (including phenoxy) is 1. The quantitative estimate of drug-likeness (QED) is 0.662. The molecular formula is C11H13NO2. The van der Waals surface area contributed by atoms with Gasteiger partial charge in [-0.1, -0.05) is 18.2 Å². The first kappa shape index (κ1) is 8.26. The van der Waals surface area contributed by atoms with E-state index >= 15 is 0 Å². The van der Waals surface area contributed by atoms with Gasteiger partial charge in [0.05, 0.1) is 12.6 Å². The number of anilines is 1. The van der Waals surface area contributed by atoms with Crippen LogP contribution >= 0.6 is 0 Å². The van der Waals surface area contributed by atoms with E-state index in [1.54, 1.807) is 0 Å². The number of benzene rings is 1. The minimum Gasteiger partial charge on any atom is -0.388 e. The van der Waals surface area contributed by atoms with Crippen LogP contribution < -0.4 is 4.90 Å². The number of rotatable bonds is 0. The van der Waals surface area contributed by atoms with Crippen molar-refractivity contribution < 1.29 is 9.84 Å². The summed E-state index contributed by atoms with van der Waals surface area (Å²) in [7, 11) is 2.01. The number of aliphatic hydroxyl groups excluding tert-OH is 1. The topological polar surface area (TPSA) is 32.7 Å². The third kappa shape index (κ3) is 0.885. The molecule has 1 saturated heterocycles. The first-order valence-corrected chi connectivity index (χ1v) is 4.90. The van der Waals surface area contributed by atoms with Crippen molar-refractivity contribution in [3.05, 3.63) is 29.8 Å². The highest BCUT2D eigenvalue weighted by atomic mass is 16.5. The van der Waals surface area contributed by atoms with E-state index in [2.05, 4.69) is 11.0 Å². The maximum absolute atomic E-state index is 9.96. The molecule has 3 heteroatoms. The number of hydrogen-bond acceptors (Lipinski definition) is 3. The Kier molecular flexibility index (Phi) is 1.60. The minimum atomic E-state index is -0.380. The van der Waals surface area contributed by atoms with Gasteiger partial charge in [-0.15, -0.1) is 0 Å². The Morgan fingerprint density at radius 2 is 2.21 bits per heavy atom. The van der Waals surface area contributed by atoms with Gasteiger partial charge in [-0.3, -0.25) is 0 Å². The van der Waals surface area contributed by atoms with Crippen LogP contribution in [-0.2, 0) is 4.74 Å². The number of para-hydroxylation sites is 1. The van der Waals surface area contributed by atoms with Gasteiger partial charge in [0.25, 0.3) is 0 Å². The number of hydrogen-bond donors (Lipinski definition) is 1.